The van der Waals surface area contributed by atoms with E-state index in [9.17, 15) is 0 Å². The SMILES string of the molecule is CCCCCCCC(NC)c1cc(Br)ccc1Br. The molecule has 1 aromatic rings. The average Bonchev–Trinajstić information content (AvgIpc) is 2.37. The lowest BCUT2D eigenvalue weighted by atomic mass is 10.00. The zero-order chi connectivity index (χ0) is 13.4. The smallest absolute Gasteiger partial charge is 0.0329 e. The molecule has 0 radical (unpaired) electrons. The topological polar surface area (TPSA) is 12.0 Å². The minimum Gasteiger partial charge on any atom is -0.313 e. The van der Waals surface area contributed by atoms with E-state index in [2.05, 4.69) is 62.3 Å². The molecule has 0 aliphatic rings. The molecule has 1 nitrogen and oxygen atoms in total. The second-order valence-electron chi connectivity index (χ2n) is 4.71. The number of nitrogens with one attached hydrogen (secondary N) is 1. The molecule has 1 unspecified atom stereocenters. The van der Waals surface area contributed by atoms with E-state index in [-0.39, 0.29) is 0 Å². The van der Waals surface area contributed by atoms with Gasteiger partial charge in [0.1, 0.15) is 0 Å². The van der Waals surface area contributed by atoms with E-state index in [0.717, 1.165) is 4.47 Å². The molecule has 1 atom stereocenters. The van der Waals surface area contributed by atoms with E-state index in [0.29, 0.717) is 6.04 Å². The van der Waals surface area contributed by atoms with Crippen molar-refractivity contribution in [3.05, 3.63) is 32.7 Å². The van der Waals surface area contributed by atoms with Crippen molar-refractivity contribution in [2.24, 2.45) is 0 Å². The summed E-state index contributed by atoms with van der Waals surface area (Å²) in [5.74, 6) is 0. The first-order valence-electron chi connectivity index (χ1n) is 6.81. The van der Waals surface area contributed by atoms with Gasteiger partial charge in [0.05, 0.1) is 0 Å². The number of rotatable bonds is 8. The number of hydrogen-bond acceptors (Lipinski definition) is 1. The van der Waals surface area contributed by atoms with Gasteiger partial charge in [-0.2, -0.15) is 0 Å². The van der Waals surface area contributed by atoms with Crippen LogP contribution in [0, 0.1) is 0 Å². The molecule has 1 N–H and O–H groups in total. The summed E-state index contributed by atoms with van der Waals surface area (Å²) in [7, 11) is 2.05. The molecule has 0 heterocycles. The standard InChI is InChI=1S/C15H23Br2N/c1-3-4-5-6-7-8-15(18-2)13-11-12(16)9-10-14(13)17/h9-11,15,18H,3-8H2,1-2H3. The number of benzene rings is 1. The molecule has 0 aliphatic carbocycles. The highest BCUT2D eigenvalue weighted by Gasteiger charge is 2.12. The van der Waals surface area contributed by atoms with Gasteiger partial charge < -0.3 is 5.32 Å². The maximum absolute atomic E-state index is 3.64. The summed E-state index contributed by atoms with van der Waals surface area (Å²) in [5.41, 5.74) is 1.35. The molecule has 0 saturated heterocycles. The van der Waals surface area contributed by atoms with E-state index in [1.165, 1.54) is 48.6 Å². The number of hydrogen-bond donors (Lipinski definition) is 1. The van der Waals surface area contributed by atoms with Crippen LogP contribution in [0.1, 0.15) is 57.1 Å². The fourth-order valence-electron chi connectivity index (χ4n) is 2.19. The van der Waals surface area contributed by atoms with Gasteiger partial charge in [0.25, 0.3) is 0 Å². The van der Waals surface area contributed by atoms with Crippen molar-refractivity contribution in [2.75, 3.05) is 7.05 Å². The second kappa shape index (κ2) is 9.11. The van der Waals surface area contributed by atoms with Crippen LogP contribution in [0.2, 0.25) is 0 Å². The van der Waals surface area contributed by atoms with Gasteiger partial charge in [0.15, 0.2) is 0 Å². The van der Waals surface area contributed by atoms with Crippen molar-refractivity contribution in [3.8, 4) is 0 Å². The van der Waals surface area contributed by atoms with Crippen LogP contribution in [0.3, 0.4) is 0 Å². The highest BCUT2D eigenvalue weighted by Crippen LogP contribution is 2.29. The lowest BCUT2D eigenvalue weighted by Crippen LogP contribution is -2.16. The van der Waals surface area contributed by atoms with Gasteiger partial charge in [0, 0.05) is 15.0 Å². The molecule has 0 saturated carbocycles. The molecule has 102 valence electrons. The summed E-state index contributed by atoms with van der Waals surface area (Å²) >= 11 is 7.19. The second-order valence-corrected chi connectivity index (χ2v) is 6.48. The first kappa shape index (κ1) is 16.2. The molecular weight excluding hydrogens is 354 g/mol. The lowest BCUT2D eigenvalue weighted by molar-refractivity contribution is 0.499. The molecule has 18 heavy (non-hydrogen) atoms. The van der Waals surface area contributed by atoms with Crippen molar-refractivity contribution in [1.82, 2.24) is 5.32 Å². The van der Waals surface area contributed by atoms with Crippen molar-refractivity contribution >= 4 is 31.9 Å². The van der Waals surface area contributed by atoms with Gasteiger partial charge in [-0.1, -0.05) is 70.9 Å². The van der Waals surface area contributed by atoms with Gasteiger partial charge in [0.2, 0.25) is 0 Å². The number of unbranched alkanes of at least 4 members (excludes halogenated alkanes) is 4. The molecule has 0 amide bonds. The van der Waals surface area contributed by atoms with Crippen molar-refractivity contribution < 1.29 is 0 Å². The fraction of sp³-hybridized carbons (Fsp3) is 0.600. The molecule has 0 bridgehead atoms. The minimum atomic E-state index is 0.443. The van der Waals surface area contributed by atoms with Crippen molar-refractivity contribution in [2.45, 2.75) is 51.5 Å². The fourth-order valence-corrected chi connectivity index (χ4v) is 3.09. The minimum absolute atomic E-state index is 0.443. The Balaban J connectivity index is 2.52. The summed E-state index contributed by atoms with van der Waals surface area (Å²) < 4.78 is 2.34. The van der Waals surface area contributed by atoms with Crippen LogP contribution in [0.25, 0.3) is 0 Å². The Hall–Kier alpha value is 0.140. The highest BCUT2D eigenvalue weighted by atomic mass is 79.9. The van der Waals surface area contributed by atoms with Gasteiger partial charge >= 0.3 is 0 Å². The van der Waals surface area contributed by atoms with Crippen LogP contribution in [0.15, 0.2) is 27.1 Å². The van der Waals surface area contributed by atoms with E-state index in [1.54, 1.807) is 0 Å². The van der Waals surface area contributed by atoms with Crippen LogP contribution >= 0.6 is 31.9 Å². The summed E-state index contributed by atoms with van der Waals surface area (Å²) in [5, 5.41) is 3.43. The first-order valence-corrected chi connectivity index (χ1v) is 8.39. The summed E-state index contributed by atoms with van der Waals surface area (Å²) in [6.07, 6.45) is 7.89. The average molecular weight is 377 g/mol. The molecule has 0 fully saturated rings. The molecular formula is C15H23Br2N. The monoisotopic (exact) mass is 375 g/mol. The molecule has 1 aromatic carbocycles. The van der Waals surface area contributed by atoms with Gasteiger partial charge in [-0.3, -0.25) is 0 Å². The largest absolute Gasteiger partial charge is 0.313 e. The summed E-state index contributed by atoms with van der Waals surface area (Å²) in [6.45, 7) is 2.26. The van der Waals surface area contributed by atoms with E-state index >= 15 is 0 Å². The molecule has 0 spiro atoms. The third-order valence-corrected chi connectivity index (χ3v) is 4.49. The first-order chi connectivity index (χ1) is 8.69. The van der Waals surface area contributed by atoms with E-state index in [4.69, 9.17) is 0 Å². The molecule has 3 heteroatoms. The highest BCUT2D eigenvalue weighted by molar-refractivity contribution is 9.11. The predicted octanol–water partition coefficient (Wildman–Crippen LogP) is 5.83. The van der Waals surface area contributed by atoms with Crippen LogP contribution in [0.4, 0.5) is 0 Å². The zero-order valence-electron chi connectivity index (χ0n) is 11.3. The Kier molecular flexibility index (Phi) is 8.20. The van der Waals surface area contributed by atoms with Crippen LogP contribution in [-0.2, 0) is 0 Å². The Morgan fingerprint density at radius 1 is 1.11 bits per heavy atom. The quantitative estimate of drug-likeness (QED) is 0.562. The summed E-state index contributed by atoms with van der Waals surface area (Å²) in [4.78, 5) is 0. The van der Waals surface area contributed by atoms with Gasteiger partial charge in [-0.25, -0.2) is 0 Å². The lowest BCUT2D eigenvalue weighted by Gasteiger charge is -2.18. The number of halogens is 2. The predicted molar refractivity (Wildman–Crippen MR) is 87.0 cm³/mol. The molecule has 0 aliphatic heterocycles. The molecule has 0 aromatic heterocycles. The third-order valence-electron chi connectivity index (χ3n) is 3.28. The van der Waals surface area contributed by atoms with Crippen LogP contribution in [-0.4, -0.2) is 7.05 Å². The maximum atomic E-state index is 3.64. The maximum Gasteiger partial charge on any atom is 0.0329 e. The zero-order valence-corrected chi connectivity index (χ0v) is 14.5. The molecule has 1 rings (SSSR count). The normalized spacial score (nSPS) is 12.7. The van der Waals surface area contributed by atoms with E-state index < -0.39 is 0 Å². The third kappa shape index (κ3) is 5.41. The Labute approximate surface area is 128 Å². The Morgan fingerprint density at radius 2 is 1.83 bits per heavy atom. The Morgan fingerprint density at radius 3 is 2.50 bits per heavy atom. The van der Waals surface area contributed by atoms with Crippen LogP contribution in [0.5, 0.6) is 0 Å². The van der Waals surface area contributed by atoms with Gasteiger partial charge in [-0.15, -0.1) is 0 Å². The van der Waals surface area contributed by atoms with Gasteiger partial charge in [-0.05, 0) is 37.2 Å². The van der Waals surface area contributed by atoms with E-state index in [1.807, 2.05) is 7.05 Å². The Bertz CT molecular complexity index is 352. The summed E-state index contributed by atoms with van der Waals surface area (Å²) in [6, 6.07) is 6.83. The van der Waals surface area contributed by atoms with Crippen LogP contribution < -0.4 is 5.32 Å². The van der Waals surface area contributed by atoms with Crippen molar-refractivity contribution in [3.63, 3.8) is 0 Å². The van der Waals surface area contributed by atoms with Crippen molar-refractivity contribution in [1.29, 1.82) is 0 Å².